The van der Waals surface area contributed by atoms with Crippen LogP contribution in [0.1, 0.15) is 47.0 Å². The van der Waals surface area contributed by atoms with Crippen molar-refractivity contribution in [1.82, 2.24) is 5.32 Å². The molecule has 5 heteroatoms. The third-order valence-corrected chi connectivity index (χ3v) is 4.32. The van der Waals surface area contributed by atoms with Crippen molar-refractivity contribution in [2.75, 3.05) is 13.7 Å². The average molecular weight is 299 g/mol. The lowest BCUT2D eigenvalue weighted by atomic mass is 9.75. The first kappa shape index (κ1) is 18.0. The quantitative estimate of drug-likeness (QED) is 0.763. The summed E-state index contributed by atoms with van der Waals surface area (Å²) < 4.78 is 10.4. The summed E-state index contributed by atoms with van der Waals surface area (Å²) in [5.74, 6) is 0.983. The molecule has 122 valence electrons. The molecule has 1 rings (SSSR count). The lowest BCUT2D eigenvalue weighted by Crippen LogP contribution is -2.43. The van der Waals surface area contributed by atoms with Crippen molar-refractivity contribution in [2.24, 2.45) is 17.8 Å². The summed E-state index contributed by atoms with van der Waals surface area (Å²) in [6, 6.07) is -0.641. The van der Waals surface area contributed by atoms with Crippen molar-refractivity contribution >= 4 is 11.9 Å². The van der Waals surface area contributed by atoms with E-state index in [2.05, 4.69) is 30.8 Å². The van der Waals surface area contributed by atoms with Crippen LogP contribution >= 0.6 is 0 Å². The van der Waals surface area contributed by atoms with Crippen molar-refractivity contribution in [1.29, 1.82) is 0 Å². The van der Waals surface area contributed by atoms with Gasteiger partial charge >= 0.3 is 5.97 Å². The Labute approximate surface area is 127 Å². The molecular formula is C16H29NO4. The predicted molar refractivity (Wildman–Crippen MR) is 80.7 cm³/mol. The maximum absolute atomic E-state index is 11.8. The van der Waals surface area contributed by atoms with Crippen LogP contribution in [0.3, 0.4) is 0 Å². The number of nitrogens with one attached hydrogen (secondary N) is 1. The van der Waals surface area contributed by atoms with Gasteiger partial charge in [-0.15, -0.1) is 0 Å². The number of rotatable bonds is 6. The monoisotopic (exact) mass is 299 g/mol. The maximum atomic E-state index is 11.8. The zero-order chi connectivity index (χ0) is 16.0. The van der Waals surface area contributed by atoms with Gasteiger partial charge < -0.3 is 14.8 Å². The van der Waals surface area contributed by atoms with Crippen LogP contribution < -0.4 is 5.32 Å². The Hall–Kier alpha value is -1.10. The Morgan fingerprint density at radius 1 is 1.24 bits per heavy atom. The van der Waals surface area contributed by atoms with E-state index < -0.39 is 12.0 Å². The topological polar surface area (TPSA) is 64.6 Å². The van der Waals surface area contributed by atoms with Gasteiger partial charge in [0.25, 0.3) is 0 Å². The molecular weight excluding hydrogens is 270 g/mol. The zero-order valence-corrected chi connectivity index (χ0v) is 13.8. The van der Waals surface area contributed by atoms with Crippen molar-refractivity contribution in [3.8, 4) is 0 Å². The van der Waals surface area contributed by atoms with E-state index in [4.69, 9.17) is 4.74 Å². The molecule has 21 heavy (non-hydrogen) atoms. The number of methoxy groups -OCH3 is 1. The molecule has 1 saturated carbocycles. The van der Waals surface area contributed by atoms with Crippen LogP contribution in [0.2, 0.25) is 0 Å². The molecule has 0 heterocycles. The number of amides is 1. The summed E-state index contributed by atoms with van der Waals surface area (Å²) in [5.41, 5.74) is 0. The van der Waals surface area contributed by atoms with Gasteiger partial charge in [-0.1, -0.05) is 27.2 Å². The fourth-order valence-electron chi connectivity index (χ4n) is 3.01. The van der Waals surface area contributed by atoms with Gasteiger partial charge in [-0.05, 0) is 37.5 Å². The first-order chi connectivity index (χ1) is 9.85. The Bertz CT molecular complexity index is 356. The molecule has 5 nitrogen and oxygen atoms in total. The third kappa shape index (κ3) is 5.65. The second kappa shape index (κ2) is 8.37. The van der Waals surface area contributed by atoms with Gasteiger partial charge in [-0.25, -0.2) is 4.79 Å². The Kier molecular flexibility index (Phi) is 7.15. The van der Waals surface area contributed by atoms with Crippen molar-refractivity contribution in [3.63, 3.8) is 0 Å². The highest BCUT2D eigenvalue weighted by Crippen LogP contribution is 2.35. The second-order valence-corrected chi connectivity index (χ2v) is 6.49. The molecule has 0 radical (unpaired) electrons. The van der Waals surface area contributed by atoms with Gasteiger partial charge in [0.2, 0.25) is 5.91 Å². The normalized spacial score (nSPS) is 27.2. The Balaban J connectivity index is 2.44. The third-order valence-electron chi connectivity index (χ3n) is 4.32. The lowest BCUT2D eigenvalue weighted by Gasteiger charge is -2.37. The number of hydrogen-bond donors (Lipinski definition) is 1. The highest BCUT2D eigenvalue weighted by molar-refractivity contribution is 5.84. The van der Waals surface area contributed by atoms with Crippen LogP contribution in [-0.2, 0) is 19.1 Å². The van der Waals surface area contributed by atoms with E-state index in [9.17, 15) is 9.59 Å². The van der Waals surface area contributed by atoms with E-state index >= 15 is 0 Å². The molecule has 0 aliphatic heterocycles. The van der Waals surface area contributed by atoms with Gasteiger partial charge in [0.1, 0.15) is 12.6 Å². The Morgan fingerprint density at radius 2 is 1.90 bits per heavy atom. The van der Waals surface area contributed by atoms with Crippen LogP contribution in [0.5, 0.6) is 0 Å². The minimum absolute atomic E-state index is 0.00193. The van der Waals surface area contributed by atoms with Gasteiger partial charge in [-0.2, -0.15) is 0 Å². The summed E-state index contributed by atoms with van der Waals surface area (Å²) >= 11 is 0. The molecule has 0 bridgehead atoms. The fourth-order valence-corrected chi connectivity index (χ4v) is 3.01. The molecule has 1 amide bonds. The van der Waals surface area contributed by atoms with Crippen molar-refractivity contribution in [3.05, 3.63) is 0 Å². The number of carbonyl (C=O) groups is 2. The van der Waals surface area contributed by atoms with E-state index in [1.165, 1.54) is 13.5 Å². The van der Waals surface area contributed by atoms with Crippen molar-refractivity contribution < 1.29 is 19.1 Å². The summed E-state index contributed by atoms with van der Waals surface area (Å²) in [6.07, 6.45) is 3.52. The van der Waals surface area contributed by atoms with Gasteiger partial charge in [0, 0.05) is 0 Å². The van der Waals surface area contributed by atoms with Crippen molar-refractivity contribution in [2.45, 2.75) is 59.1 Å². The zero-order valence-electron chi connectivity index (χ0n) is 13.8. The molecule has 0 saturated heterocycles. The first-order valence-corrected chi connectivity index (χ1v) is 7.83. The van der Waals surface area contributed by atoms with Crippen LogP contribution in [0, 0.1) is 17.8 Å². The fraction of sp³-hybridized carbons (Fsp3) is 0.875. The van der Waals surface area contributed by atoms with Gasteiger partial charge in [-0.3, -0.25) is 4.79 Å². The van der Waals surface area contributed by atoms with E-state index in [1.54, 1.807) is 6.92 Å². The molecule has 1 fully saturated rings. The van der Waals surface area contributed by atoms with Crippen LogP contribution in [0.25, 0.3) is 0 Å². The molecule has 0 spiro atoms. The maximum Gasteiger partial charge on any atom is 0.328 e. The smallest absolute Gasteiger partial charge is 0.328 e. The minimum Gasteiger partial charge on any atom is -0.467 e. The van der Waals surface area contributed by atoms with Crippen LogP contribution in [0.15, 0.2) is 0 Å². The largest absolute Gasteiger partial charge is 0.467 e. The predicted octanol–water partition coefficient (Wildman–Crippen LogP) is 2.14. The molecule has 0 aromatic rings. The number of hydrogen-bond acceptors (Lipinski definition) is 4. The summed E-state index contributed by atoms with van der Waals surface area (Å²) in [5, 5.41) is 2.59. The average Bonchev–Trinajstić information content (AvgIpc) is 2.43. The van der Waals surface area contributed by atoms with Crippen LogP contribution in [-0.4, -0.2) is 37.7 Å². The SMILES string of the molecule is COC(=O)[C@H](C)NC(=O)COC1CC(C)CCC1C(C)C. The summed E-state index contributed by atoms with van der Waals surface area (Å²) in [7, 11) is 1.30. The molecule has 0 aromatic heterocycles. The second-order valence-electron chi connectivity index (χ2n) is 6.49. The number of carbonyl (C=O) groups excluding carboxylic acids is 2. The highest BCUT2D eigenvalue weighted by Gasteiger charge is 2.31. The lowest BCUT2D eigenvalue weighted by molar-refractivity contribution is -0.146. The van der Waals surface area contributed by atoms with Crippen LogP contribution in [0.4, 0.5) is 0 Å². The van der Waals surface area contributed by atoms with Gasteiger partial charge in [0.15, 0.2) is 0 Å². The van der Waals surface area contributed by atoms with E-state index in [-0.39, 0.29) is 18.6 Å². The molecule has 4 atom stereocenters. The number of ether oxygens (including phenoxy) is 2. The standard InChI is InChI=1S/C16H29NO4/c1-10(2)13-7-6-11(3)8-14(13)21-9-15(18)17-12(4)16(19)20-5/h10-14H,6-9H2,1-5H3,(H,17,18)/t11?,12-,13?,14?/m0/s1. The molecule has 1 aliphatic rings. The van der Waals surface area contributed by atoms with Gasteiger partial charge in [0.05, 0.1) is 13.2 Å². The highest BCUT2D eigenvalue weighted by atomic mass is 16.5. The Morgan fingerprint density at radius 3 is 2.48 bits per heavy atom. The molecule has 1 N–H and O–H groups in total. The summed E-state index contributed by atoms with van der Waals surface area (Å²) in [4.78, 5) is 23.1. The molecule has 0 aromatic carbocycles. The van der Waals surface area contributed by atoms with E-state index in [0.717, 1.165) is 12.8 Å². The molecule has 3 unspecified atom stereocenters. The summed E-state index contributed by atoms with van der Waals surface area (Å²) in [6.45, 7) is 8.24. The minimum atomic E-state index is -0.641. The van der Waals surface area contributed by atoms with E-state index in [0.29, 0.717) is 17.8 Å². The first-order valence-electron chi connectivity index (χ1n) is 7.83. The van der Waals surface area contributed by atoms with E-state index in [1.807, 2.05) is 0 Å². The number of esters is 1. The molecule has 1 aliphatic carbocycles.